The second-order valence-electron chi connectivity index (χ2n) is 8.82. The summed E-state index contributed by atoms with van der Waals surface area (Å²) in [6, 6.07) is 0. The average molecular weight is 584 g/mol. The number of ether oxygens (including phenoxy) is 2. The summed E-state index contributed by atoms with van der Waals surface area (Å²) in [5.74, 6) is -5.59. The maximum Gasteiger partial charge on any atom is 0.426 e. The fourth-order valence-electron chi connectivity index (χ4n) is 4.30. The molecule has 0 aromatic carbocycles. The molecule has 1 atom stereocenters. The van der Waals surface area contributed by atoms with Gasteiger partial charge in [0.1, 0.15) is 0 Å². The summed E-state index contributed by atoms with van der Waals surface area (Å²) in [7, 11) is 0. The van der Waals surface area contributed by atoms with Crippen LogP contribution in [0.5, 0.6) is 0 Å². The molecular weight excluding hydrogens is 561 g/mol. The van der Waals surface area contributed by atoms with E-state index < -0.39 is 105 Å². The van der Waals surface area contributed by atoms with Crippen molar-refractivity contribution in [3.63, 3.8) is 0 Å². The Bertz CT molecular complexity index is 714. The Kier molecular flexibility index (Phi) is 9.54. The lowest BCUT2D eigenvalue weighted by Gasteiger charge is -2.47. The van der Waals surface area contributed by atoms with E-state index in [9.17, 15) is 71.0 Å². The van der Waals surface area contributed by atoms with Crippen molar-refractivity contribution in [1.82, 2.24) is 0 Å². The highest BCUT2D eigenvalue weighted by atomic mass is 19.4. The van der Waals surface area contributed by atoms with Crippen LogP contribution in [0.15, 0.2) is 0 Å². The molecule has 0 bridgehead atoms. The van der Waals surface area contributed by atoms with Crippen molar-refractivity contribution in [1.29, 1.82) is 0 Å². The summed E-state index contributed by atoms with van der Waals surface area (Å²) >= 11 is 0. The van der Waals surface area contributed by atoms with Crippen molar-refractivity contribution in [2.24, 2.45) is 11.8 Å². The van der Waals surface area contributed by atoms with E-state index in [2.05, 4.69) is 9.47 Å². The molecule has 0 amide bonds. The second kappa shape index (κ2) is 10.4. The van der Waals surface area contributed by atoms with Crippen LogP contribution >= 0.6 is 0 Å². The fraction of sp³-hybridized carbons (Fsp3) is 1.00. The van der Waals surface area contributed by atoms with E-state index in [-0.39, 0.29) is 0 Å². The maximum atomic E-state index is 13.8. The summed E-state index contributed by atoms with van der Waals surface area (Å²) in [6.07, 6.45) is -37.3. The van der Waals surface area contributed by atoms with Gasteiger partial charge >= 0.3 is 30.9 Å². The average Bonchev–Trinajstić information content (AvgIpc) is 2.68. The topological polar surface area (TPSA) is 38.7 Å². The first kappa shape index (κ1) is 33.9. The Morgan fingerprint density at radius 3 is 1.22 bits per heavy atom. The molecule has 0 spiro atoms. The van der Waals surface area contributed by atoms with Crippen molar-refractivity contribution < 1.29 is 80.4 Å². The Hall–Kier alpha value is -1.17. The van der Waals surface area contributed by atoms with E-state index in [1.165, 1.54) is 0 Å². The lowest BCUT2D eigenvalue weighted by Crippen LogP contribution is -2.66. The Morgan fingerprint density at radius 1 is 0.568 bits per heavy atom. The molecule has 222 valence electrons. The molecule has 18 heteroatoms. The van der Waals surface area contributed by atoms with E-state index in [1.54, 1.807) is 0 Å². The highest BCUT2D eigenvalue weighted by Gasteiger charge is 2.77. The molecule has 1 unspecified atom stereocenters. The van der Waals surface area contributed by atoms with Crippen molar-refractivity contribution in [2.45, 2.75) is 93.6 Å². The zero-order chi connectivity index (χ0) is 29.5. The number of alkyl halides is 15. The van der Waals surface area contributed by atoms with Crippen LogP contribution in [-0.4, -0.2) is 66.0 Å². The van der Waals surface area contributed by atoms with Gasteiger partial charge in [-0.2, -0.15) is 65.9 Å². The molecule has 0 heterocycles. The SMILES string of the molecule is CCC(C)(OCCOC(C1CCC(C(O)(C(F)(F)F)C(F)(F)F)CC1)(C(F)(F)F)C(F)(F)F)C(F)(F)F. The third kappa shape index (κ3) is 6.20. The van der Waals surface area contributed by atoms with Crippen LogP contribution < -0.4 is 0 Å². The van der Waals surface area contributed by atoms with Gasteiger partial charge in [-0.25, -0.2) is 0 Å². The van der Waals surface area contributed by atoms with Gasteiger partial charge in [-0.1, -0.05) is 6.92 Å². The van der Waals surface area contributed by atoms with Gasteiger partial charge in [0.05, 0.1) is 13.2 Å². The molecule has 0 radical (unpaired) electrons. The minimum Gasteiger partial charge on any atom is -0.373 e. The molecule has 3 nitrogen and oxygen atoms in total. The third-order valence-electron chi connectivity index (χ3n) is 6.71. The number of rotatable bonds is 8. The smallest absolute Gasteiger partial charge is 0.373 e. The first-order chi connectivity index (χ1) is 16.2. The zero-order valence-electron chi connectivity index (χ0n) is 19.0. The molecule has 1 aliphatic carbocycles. The Morgan fingerprint density at radius 2 is 0.919 bits per heavy atom. The van der Waals surface area contributed by atoms with Gasteiger partial charge in [-0.3, -0.25) is 0 Å². The van der Waals surface area contributed by atoms with E-state index in [1.807, 2.05) is 0 Å². The van der Waals surface area contributed by atoms with Crippen molar-refractivity contribution in [2.75, 3.05) is 13.2 Å². The number of halogens is 15. The van der Waals surface area contributed by atoms with Gasteiger partial charge in [-0.05, 0) is 39.0 Å². The van der Waals surface area contributed by atoms with Crippen molar-refractivity contribution in [3.8, 4) is 0 Å². The van der Waals surface area contributed by atoms with Gasteiger partial charge < -0.3 is 14.6 Å². The second-order valence-corrected chi connectivity index (χ2v) is 8.82. The third-order valence-corrected chi connectivity index (χ3v) is 6.71. The van der Waals surface area contributed by atoms with Crippen LogP contribution in [0.3, 0.4) is 0 Å². The summed E-state index contributed by atoms with van der Waals surface area (Å²) in [5.41, 5.74) is -13.5. The molecule has 1 saturated carbocycles. The summed E-state index contributed by atoms with van der Waals surface area (Å²) in [5, 5.41) is 9.42. The monoisotopic (exact) mass is 584 g/mol. The molecule has 1 rings (SSSR count). The molecule has 1 N–H and O–H groups in total. The Balaban J connectivity index is 3.25. The predicted molar refractivity (Wildman–Crippen MR) is 94.0 cm³/mol. The molecule has 0 saturated heterocycles. The van der Waals surface area contributed by atoms with E-state index >= 15 is 0 Å². The summed E-state index contributed by atoms with van der Waals surface area (Å²) < 4.78 is 209. The minimum atomic E-state index is -6.34. The standard InChI is InChI=1S/C19H23F15O3/c1-3-12(2,15(20,21)22)36-8-9-37-14(18(29,30)31,19(32,33)34)11-6-4-10(5-7-11)13(35,16(23,24)25)17(26,27)28/h10-11,35H,3-9H2,1-2H3. The Labute approximate surface area is 200 Å². The highest BCUT2D eigenvalue weighted by Crippen LogP contribution is 2.58. The summed E-state index contributed by atoms with van der Waals surface area (Å²) in [4.78, 5) is 0. The van der Waals surface area contributed by atoms with Gasteiger partial charge in [-0.15, -0.1) is 0 Å². The molecular formula is C19H23F15O3. The molecule has 0 aliphatic heterocycles. The fourth-order valence-corrected chi connectivity index (χ4v) is 4.30. The molecule has 37 heavy (non-hydrogen) atoms. The van der Waals surface area contributed by atoms with Crippen molar-refractivity contribution >= 4 is 0 Å². The van der Waals surface area contributed by atoms with Crippen LogP contribution in [-0.2, 0) is 9.47 Å². The van der Waals surface area contributed by atoms with Crippen LogP contribution in [0.2, 0.25) is 0 Å². The highest BCUT2D eigenvalue weighted by molar-refractivity contribution is 5.06. The minimum absolute atomic E-state index is 0.484. The first-order valence-electron chi connectivity index (χ1n) is 10.6. The van der Waals surface area contributed by atoms with Gasteiger partial charge in [0.25, 0.3) is 11.2 Å². The van der Waals surface area contributed by atoms with E-state index in [4.69, 9.17) is 0 Å². The largest absolute Gasteiger partial charge is 0.426 e. The number of aliphatic hydroxyl groups is 1. The molecule has 1 aliphatic rings. The molecule has 0 aromatic heterocycles. The van der Waals surface area contributed by atoms with E-state index in [0.717, 1.165) is 6.92 Å². The maximum absolute atomic E-state index is 13.8. The normalized spacial score (nSPS) is 23.2. The van der Waals surface area contributed by atoms with Gasteiger partial charge in [0, 0.05) is 11.8 Å². The van der Waals surface area contributed by atoms with Gasteiger partial charge in [0.2, 0.25) is 0 Å². The quantitative estimate of drug-likeness (QED) is 0.241. The first-order valence-corrected chi connectivity index (χ1v) is 10.6. The molecule has 0 aromatic rings. The van der Waals surface area contributed by atoms with Crippen LogP contribution in [0, 0.1) is 11.8 Å². The lowest BCUT2D eigenvalue weighted by atomic mass is 9.67. The van der Waals surface area contributed by atoms with Crippen LogP contribution in [0.4, 0.5) is 65.9 Å². The van der Waals surface area contributed by atoms with E-state index in [0.29, 0.717) is 6.92 Å². The molecule has 1 fully saturated rings. The zero-order valence-corrected chi connectivity index (χ0v) is 19.0. The van der Waals surface area contributed by atoms with Gasteiger partial charge in [0.15, 0.2) is 5.60 Å². The lowest BCUT2D eigenvalue weighted by molar-refractivity contribution is -0.408. The number of hydrogen-bond donors (Lipinski definition) is 1. The summed E-state index contributed by atoms with van der Waals surface area (Å²) in [6.45, 7) is -1.64. The predicted octanol–water partition coefficient (Wildman–Crippen LogP) is 7.28. The number of hydrogen-bond acceptors (Lipinski definition) is 3. The van der Waals surface area contributed by atoms with Crippen LogP contribution in [0.1, 0.15) is 46.0 Å². The van der Waals surface area contributed by atoms with Crippen LogP contribution in [0.25, 0.3) is 0 Å². The van der Waals surface area contributed by atoms with Crippen molar-refractivity contribution in [3.05, 3.63) is 0 Å².